The van der Waals surface area contributed by atoms with E-state index in [0.717, 1.165) is 71.1 Å². The van der Waals surface area contributed by atoms with E-state index < -0.39 is 0 Å². The van der Waals surface area contributed by atoms with Crippen molar-refractivity contribution >= 4 is 23.1 Å². The fourth-order valence-corrected chi connectivity index (χ4v) is 6.77. The Morgan fingerprint density at radius 3 is 2.38 bits per heavy atom. The smallest absolute Gasteiger partial charge is 0.163 e. The lowest BCUT2D eigenvalue weighted by Crippen LogP contribution is -2.30. The molecule has 2 aliphatic rings. The lowest BCUT2D eigenvalue weighted by Gasteiger charge is -2.32. The monoisotopic (exact) mass is 538 g/mol. The summed E-state index contributed by atoms with van der Waals surface area (Å²) in [4.78, 5) is 50.7. The Kier molecular flexibility index (Phi) is 9.84. The van der Waals surface area contributed by atoms with Crippen molar-refractivity contribution in [3.05, 3.63) is 82.5 Å². The maximum absolute atomic E-state index is 13.5. The van der Waals surface area contributed by atoms with Crippen molar-refractivity contribution in [2.45, 2.75) is 85.5 Å². The lowest BCUT2D eigenvalue weighted by molar-refractivity contribution is -0.130. The molecule has 210 valence electrons. The molecule has 0 fully saturated rings. The number of ketones is 4. The highest BCUT2D eigenvalue weighted by Crippen LogP contribution is 2.40. The highest BCUT2D eigenvalue weighted by Gasteiger charge is 2.34. The molecule has 0 spiro atoms. The molecule has 2 aromatic carbocycles. The molecule has 0 heterocycles. The van der Waals surface area contributed by atoms with Crippen LogP contribution in [0.5, 0.6) is 0 Å². The van der Waals surface area contributed by atoms with E-state index in [1.807, 2.05) is 50.3 Å². The van der Waals surface area contributed by atoms with Crippen molar-refractivity contribution < 1.29 is 19.2 Å². The molecular weight excluding hydrogens is 496 g/mol. The number of carbonyl (C=O) groups is 4. The van der Waals surface area contributed by atoms with Crippen molar-refractivity contribution in [1.82, 2.24) is 0 Å². The molecule has 2 aliphatic carbocycles. The first-order valence-electron chi connectivity index (χ1n) is 14.9. The third-order valence-corrected chi connectivity index (χ3v) is 8.67. The number of allylic oxidation sites excluding steroid dienone is 4. The van der Waals surface area contributed by atoms with Gasteiger partial charge in [-0.3, -0.25) is 19.2 Å². The van der Waals surface area contributed by atoms with E-state index in [0.29, 0.717) is 19.3 Å². The van der Waals surface area contributed by atoms with Crippen LogP contribution < -0.4 is 0 Å². The van der Waals surface area contributed by atoms with Crippen LogP contribution in [0.2, 0.25) is 0 Å². The van der Waals surface area contributed by atoms with Crippen LogP contribution in [0, 0.1) is 24.7 Å². The third-order valence-electron chi connectivity index (χ3n) is 8.67. The van der Waals surface area contributed by atoms with Gasteiger partial charge in [-0.25, -0.2) is 0 Å². The van der Waals surface area contributed by atoms with Gasteiger partial charge in [0, 0.05) is 24.3 Å². The summed E-state index contributed by atoms with van der Waals surface area (Å²) < 4.78 is 0. The summed E-state index contributed by atoms with van der Waals surface area (Å²) in [5.41, 5.74) is 6.93. The van der Waals surface area contributed by atoms with Crippen molar-refractivity contribution in [3.8, 4) is 11.1 Å². The SMILES string of the molecule is CCCC(CC1CC(=O)c2c(C)ccc(-c3ccc(CC(=O)C4=CC=CC4)cc3)c2C1)C(CC)C(=O)CC(C)=O. The molecule has 3 atom stereocenters. The predicted molar refractivity (Wildman–Crippen MR) is 160 cm³/mol. The Bertz CT molecular complexity index is 1340. The minimum absolute atomic E-state index is 0.00454. The maximum atomic E-state index is 13.5. The molecule has 4 nitrogen and oxygen atoms in total. The highest BCUT2D eigenvalue weighted by atomic mass is 16.1. The zero-order valence-electron chi connectivity index (χ0n) is 24.4. The number of hydrogen-bond acceptors (Lipinski definition) is 4. The average molecular weight is 539 g/mol. The molecule has 0 bridgehead atoms. The quantitative estimate of drug-likeness (QED) is 0.244. The van der Waals surface area contributed by atoms with Crippen LogP contribution in [0.25, 0.3) is 11.1 Å². The summed E-state index contributed by atoms with van der Waals surface area (Å²) in [7, 11) is 0. The Balaban J connectivity index is 1.57. The zero-order valence-corrected chi connectivity index (χ0v) is 24.4. The summed E-state index contributed by atoms with van der Waals surface area (Å²) in [6.45, 7) is 7.66. The van der Waals surface area contributed by atoms with Gasteiger partial charge in [0.15, 0.2) is 11.6 Å². The molecule has 0 radical (unpaired) electrons. The molecule has 2 aromatic rings. The molecule has 0 aliphatic heterocycles. The van der Waals surface area contributed by atoms with Gasteiger partial charge in [-0.1, -0.05) is 81.3 Å². The van der Waals surface area contributed by atoms with Gasteiger partial charge in [-0.05, 0) is 84.8 Å². The molecule has 0 saturated carbocycles. The fourth-order valence-electron chi connectivity index (χ4n) is 6.77. The topological polar surface area (TPSA) is 68.3 Å². The first-order chi connectivity index (χ1) is 19.2. The minimum Gasteiger partial charge on any atom is -0.300 e. The Hall–Kier alpha value is -3.40. The Morgan fingerprint density at radius 2 is 1.75 bits per heavy atom. The van der Waals surface area contributed by atoms with Gasteiger partial charge in [0.05, 0.1) is 6.42 Å². The van der Waals surface area contributed by atoms with Crippen molar-refractivity contribution in [3.63, 3.8) is 0 Å². The van der Waals surface area contributed by atoms with E-state index >= 15 is 0 Å². The van der Waals surface area contributed by atoms with Crippen LogP contribution in [-0.4, -0.2) is 23.1 Å². The molecule has 40 heavy (non-hydrogen) atoms. The number of hydrogen-bond donors (Lipinski definition) is 0. The molecule has 0 saturated heterocycles. The van der Waals surface area contributed by atoms with Crippen LogP contribution in [0.15, 0.2) is 60.2 Å². The van der Waals surface area contributed by atoms with Gasteiger partial charge in [0.25, 0.3) is 0 Å². The second-order valence-corrected chi connectivity index (χ2v) is 11.7. The molecule has 3 unspecified atom stereocenters. The van der Waals surface area contributed by atoms with Gasteiger partial charge < -0.3 is 0 Å². The predicted octanol–water partition coefficient (Wildman–Crippen LogP) is 7.79. The first-order valence-corrected chi connectivity index (χ1v) is 14.9. The van der Waals surface area contributed by atoms with E-state index in [-0.39, 0.29) is 47.3 Å². The Labute approximate surface area is 239 Å². The Morgan fingerprint density at radius 1 is 1.00 bits per heavy atom. The average Bonchev–Trinajstić information content (AvgIpc) is 3.45. The summed E-state index contributed by atoms with van der Waals surface area (Å²) in [5, 5.41) is 0. The summed E-state index contributed by atoms with van der Waals surface area (Å²) in [5.74, 6) is 0.522. The molecule has 0 amide bonds. The first kappa shape index (κ1) is 29.6. The third kappa shape index (κ3) is 6.83. The van der Waals surface area contributed by atoms with Gasteiger partial charge >= 0.3 is 0 Å². The van der Waals surface area contributed by atoms with Gasteiger partial charge in [-0.2, -0.15) is 0 Å². The second kappa shape index (κ2) is 13.3. The summed E-state index contributed by atoms with van der Waals surface area (Å²) in [6, 6.07) is 12.3. The molecule has 0 N–H and O–H groups in total. The van der Waals surface area contributed by atoms with Crippen molar-refractivity contribution in [2.24, 2.45) is 17.8 Å². The largest absolute Gasteiger partial charge is 0.300 e. The molecule has 4 heteroatoms. The summed E-state index contributed by atoms with van der Waals surface area (Å²) in [6.07, 6.45) is 11.7. The van der Waals surface area contributed by atoms with Gasteiger partial charge in [0.1, 0.15) is 11.6 Å². The molecule has 0 aromatic heterocycles. The van der Waals surface area contributed by atoms with E-state index in [9.17, 15) is 19.2 Å². The van der Waals surface area contributed by atoms with Crippen LogP contribution in [0.4, 0.5) is 0 Å². The number of Topliss-reactive ketones (excluding diaryl/α,β-unsaturated/α-hetero) is 4. The number of carbonyl (C=O) groups excluding carboxylic acids is 4. The van der Waals surface area contributed by atoms with E-state index in [1.165, 1.54) is 6.92 Å². The second-order valence-electron chi connectivity index (χ2n) is 11.7. The van der Waals surface area contributed by atoms with Crippen molar-refractivity contribution in [1.29, 1.82) is 0 Å². The number of benzene rings is 2. The van der Waals surface area contributed by atoms with Gasteiger partial charge in [-0.15, -0.1) is 0 Å². The standard InChI is InChI=1S/C36H42O4/c1-5-9-29(30(6-2)34(39)18-24(4)37)19-26-20-32-31(17-12-23(3)36(32)35(40)22-26)27-15-13-25(14-16-27)21-33(38)28-10-7-8-11-28/h7-8,10,12-17,26,29-30H,5-6,9,11,18-22H2,1-4H3. The van der Waals surface area contributed by atoms with E-state index in [4.69, 9.17) is 0 Å². The zero-order chi connectivity index (χ0) is 28.8. The van der Waals surface area contributed by atoms with Crippen LogP contribution in [0.1, 0.15) is 92.8 Å². The molecular formula is C36H42O4. The number of rotatable bonds is 13. The van der Waals surface area contributed by atoms with Crippen LogP contribution in [-0.2, 0) is 27.2 Å². The normalized spacial score (nSPS) is 17.8. The van der Waals surface area contributed by atoms with Crippen LogP contribution in [0.3, 0.4) is 0 Å². The lowest BCUT2D eigenvalue weighted by atomic mass is 9.71. The van der Waals surface area contributed by atoms with E-state index in [2.05, 4.69) is 25.1 Å². The molecule has 4 rings (SSSR count). The van der Waals surface area contributed by atoms with E-state index in [1.54, 1.807) is 0 Å². The van der Waals surface area contributed by atoms with Crippen LogP contribution >= 0.6 is 0 Å². The number of fused-ring (bicyclic) bond motifs is 1. The maximum Gasteiger partial charge on any atom is 0.163 e. The summed E-state index contributed by atoms with van der Waals surface area (Å²) >= 11 is 0. The highest BCUT2D eigenvalue weighted by molar-refractivity contribution is 6.02. The fraction of sp³-hybridized carbons (Fsp3) is 0.444. The van der Waals surface area contributed by atoms with Gasteiger partial charge in [0.2, 0.25) is 0 Å². The minimum atomic E-state index is -0.136. The number of aryl methyl sites for hydroxylation is 1. The van der Waals surface area contributed by atoms with Crippen molar-refractivity contribution in [2.75, 3.05) is 0 Å².